The molecule has 2 heterocycles. The first kappa shape index (κ1) is 15.3. The fourth-order valence-electron chi connectivity index (χ4n) is 2.49. The predicted molar refractivity (Wildman–Crippen MR) is 71.8 cm³/mol. The van der Waals surface area contributed by atoms with Gasteiger partial charge in [0, 0.05) is 17.0 Å². The maximum atomic E-state index is 11.9. The number of aliphatic hydroxyl groups is 2. The zero-order valence-electron chi connectivity index (χ0n) is 11.3. The van der Waals surface area contributed by atoms with Gasteiger partial charge in [0.1, 0.15) is 12.0 Å². The first-order chi connectivity index (χ1) is 9.99. The van der Waals surface area contributed by atoms with E-state index in [0.29, 0.717) is 6.42 Å². The van der Waals surface area contributed by atoms with E-state index < -0.39 is 36.3 Å². The Morgan fingerprint density at radius 1 is 1.71 bits per heavy atom. The second-order valence-corrected chi connectivity index (χ2v) is 4.76. The van der Waals surface area contributed by atoms with Gasteiger partial charge in [-0.05, 0) is 18.0 Å². The third kappa shape index (κ3) is 2.45. The van der Waals surface area contributed by atoms with Gasteiger partial charge in [0.05, 0.1) is 12.7 Å². The zero-order chi connectivity index (χ0) is 15.6. The van der Waals surface area contributed by atoms with Crippen LogP contribution in [0.2, 0.25) is 0 Å². The fraction of sp³-hybridized carbons (Fsp3) is 0.636. The molecule has 0 radical (unpaired) electrons. The van der Waals surface area contributed by atoms with Crippen LogP contribution < -0.4 is 11.4 Å². The second-order valence-electron chi connectivity index (χ2n) is 4.76. The van der Waals surface area contributed by atoms with E-state index in [2.05, 4.69) is 15.0 Å². The van der Waals surface area contributed by atoms with Crippen molar-refractivity contribution in [2.45, 2.75) is 31.4 Å². The molecule has 114 valence electrons. The molecule has 4 atom stereocenters. The van der Waals surface area contributed by atoms with E-state index in [1.807, 2.05) is 0 Å². The maximum Gasteiger partial charge on any atom is 0.351 e. The van der Waals surface area contributed by atoms with Crippen molar-refractivity contribution in [3.63, 3.8) is 0 Å². The largest absolute Gasteiger partial charge is 0.393 e. The Labute approximate surface area is 119 Å². The number of hydrogen-bond donors (Lipinski definition) is 3. The van der Waals surface area contributed by atoms with Crippen LogP contribution in [0.15, 0.2) is 22.2 Å². The molecular formula is C11H16N6O4. The predicted octanol–water partition coefficient (Wildman–Crippen LogP) is -0.260. The Balaban J connectivity index is 2.49. The lowest BCUT2D eigenvalue weighted by Gasteiger charge is -2.24. The van der Waals surface area contributed by atoms with Crippen LogP contribution in [0.5, 0.6) is 0 Å². The van der Waals surface area contributed by atoms with Crippen molar-refractivity contribution in [3.05, 3.63) is 33.2 Å². The Hall–Kier alpha value is -2.13. The molecule has 1 saturated heterocycles. The normalized spacial score (nSPS) is 31.9. The highest BCUT2D eigenvalue weighted by Crippen LogP contribution is 2.43. The molecule has 0 unspecified atom stereocenters. The van der Waals surface area contributed by atoms with Crippen LogP contribution in [0, 0.1) is 5.92 Å². The third-order valence-corrected chi connectivity index (χ3v) is 3.60. The second kappa shape index (κ2) is 5.70. The number of nitrogens with zero attached hydrogens (tertiary/aromatic N) is 5. The Morgan fingerprint density at radius 3 is 2.95 bits per heavy atom. The van der Waals surface area contributed by atoms with Crippen LogP contribution in [-0.4, -0.2) is 38.2 Å². The van der Waals surface area contributed by atoms with Gasteiger partial charge in [-0.3, -0.25) is 4.57 Å². The molecule has 1 aliphatic rings. The highest BCUT2D eigenvalue weighted by Gasteiger charge is 2.54. The minimum atomic E-state index is -1.82. The summed E-state index contributed by atoms with van der Waals surface area (Å²) >= 11 is 0. The van der Waals surface area contributed by atoms with Gasteiger partial charge in [0.2, 0.25) is 0 Å². The zero-order valence-corrected chi connectivity index (χ0v) is 11.3. The molecule has 1 fully saturated rings. The Kier molecular flexibility index (Phi) is 4.14. The SMILES string of the molecule is CC[C@H]1[C@H](n2ccc(N)nc2=O)O[C@@](CO)(N=[N+]=[N-])[C@H]1O. The number of hydrogen-bond acceptors (Lipinski definition) is 7. The first-order valence-corrected chi connectivity index (χ1v) is 6.36. The van der Waals surface area contributed by atoms with Crippen LogP contribution in [-0.2, 0) is 4.74 Å². The van der Waals surface area contributed by atoms with E-state index >= 15 is 0 Å². The molecule has 0 bridgehead atoms. The molecule has 1 aromatic rings. The van der Waals surface area contributed by atoms with Crippen LogP contribution in [0.3, 0.4) is 0 Å². The number of azide groups is 1. The topological polar surface area (TPSA) is 159 Å². The van der Waals surface area contributed by atoms with Gasteiger partial charge in [0.25, 0.3) is 0 Å². The van der Waals surface area contributed by atoms with Crippen molar-refractivity contribution in [2.75, 3.05) is 12.3 Å². The van der Waals surface area contributed by atoms with Crippen LogP contribution in [0.1, 0.15) is 19.6 Å². The third-order valence-electron chi connectivity index (χ3n) is 3.60. The highest BCUT2D eigenvalue weighted by molar-refractivity contribution is 5.23. The minimum Gasteiger partial charge on any atom is -0.393 e. The maximum absolute atomic E-state index is 11.9. The first-order valence-electron chi connectivity index (χ1n) is 6.36. The van der Waals surface area contributed by atoms with Crippen molar-refractivity contribution in [1.82, 2.24) is 9.55 Å². The fourth-order valence-corrected chi connectivity index (χ4v) is 2.49. The summed E-state index contributed by atoms with van der Waals surface area (Å²) in [4.78, 5) is 18.1. The van der Waals surface area contributed by atoms with Gasteiger partial charge in [-0.25, -0.2) is 4.79 Å². The lowest BCUT2D eigenvalue weighted by Crippen LogP contribution is -2.42. The van der Waals surface area contributed by atoms with Crippen LogP contribution in [0.4, 0.5) is 5.82 Å². The summed E-state index contributed by atoms with van der Waals surface area (Å²) in [5, 5.41) is 23.1. The van der Waals surface area contributed by atoms with E-state index in [0.717, 1.165) is 4.57 Å². The van der Waals surface area contributed by atoms with Crippen molar-refractivity contribution in [3.8, 4) is 0 Å². The standard InChI is InChI=1S/C11H16N6O4/c1-2-6-8(19)11(5-18,15-16-13)21-9(6)17-4-3-7(12)14-10(17)20/h3-4,6,8-9,18-19H,2,5H2,1H3,(H2,12,14,20)/t6-,8+,9-,11-/m1/s1. The summed E-state index contributed by atoms with van der Waals surface area (Å²) in [6, 6.07) is 1.41. The quantitative estimate of drug-likeness (QED) is 0.394. The number of aliphatic hydroxyl groups excluding tert-OH is 2. The summed E-state index contributed by atoms with van der Waals surface area (Å²) in [6.07, 6.45) is -0.347. The lowest BCUT2D eigenvalue weighted by atomic mass is 9.94. The molecule has 2 rings (SSSR count). The molecule has 10 nitrogen and oxygen atoms in total. The van der Waals surface area contributed by atoms with E-state index in [-0.39, 0.29) is 5.82 Å². The van der Waals surface area contributed by atoms with Gasteiger partial charge in [-0.2, -0.15) is 4.98 Å². The summed E-state index contributed by atoms with van der Waals surface area (Å²) in [7, 11) is 0. The average molecular weight is 296 g/mol. The molecule has 0 amide bonds. The Morgan fingerprint density at radius 2 is 2.43 bits per heavy atom. The van der Waals surface area contributed by atoms with Gasteiger partial charge < -0.3 is 20.7 Å². The van der Waals surface area contributed by atoms with Gasteiger partial charge >= 0.3 is 5.69 Å². The van der Waals surface area contributed by atoms with E-state index in [4.69, 9.17) is 16.0 Å². The monoisotopic (exact) mass is 296 g/mol. The molecule has 0 aliphatic carbocycles. The van der Waals surface area contributed by atoms with Crippen LogP contribution in [0.25, 0.3) is 10.4 Å². The number of nitrogens with two attached hydrogens (primary N) is 1. The summed E-state index contributed by atoms with van der Waals surface area (Å²) in [5.41, 5.74) is 11.6. The molecule has 0 spiro atoms. The van der Waals surface area contributed by atoms with Gasteiger partial charge in [-0.1, -0.05) is 12.0 Å². The summed E-state index contributed by atoms with van der Waals surface area (Å²) in [6.45, 7) is 1.08. The Bertz CT molecular complexity index is 627. The van der Waals surface area contributed by atoms with Crippen molar-refractivity contribution in [1.29, 1.82) is 0 Å². The smallest absolute Gasteiger partial charge is 0.351 e. The summed E-state index contributed by atoms with van der Waals surface area (Å²) < 4.78 is 6.67. The molecular weight excluding hydrogens is 280 g/mol. The molecule has 21 heavy (non-hydrogen) atoms. The number of rotatable bonds is 4. The minimum absolute atomic E-state index is 0.0614. The number of anilines is 1. The van der Waals surface area contributed by atoms with E-state index in [9.17, 15) is 15.0 Å². The molecule has 0 aromatic carbocycles. The van der Waals surface area contributed by atoms with Crippen molar-refractivity contribution in [2.24, 2.45) is 11.0 Å². The number of aromatic nitrogens is 2. The molecule has 1 aromatic heterocycles. The number of nitrogen functional groups attached to an aromatic ring is 1. The van der Waals surface area contributed by atoms with Crippen molar-refractivity contribution >= 4 is 5.82 Å². The summed E-state index contributed by atoms with van der Waals surface area (Å²) in [5.74, 6) is -0.489. The van der Waals surface area contributed by atoms with Crippen molar-refractivity contribution < 1.29 is 14.9 Å². The number of ether oxygens (including phenoxy) is 1. The molecule has 1 aliphatic heterocycles. The highest BCUT2D eigenvalue weighted by atomic mass is 16.6. The van der Waals surface area contributed by atoms with Gasteiger partial charge in [0.15, 0.2) is 5.72 Å². The molecule has 4 N–H and O–H groups in total. The average Bonchev–Trinajstić information content (AvgIpc) is 2.72. The molecule has 0 saturated carbocycles. The molecule has 10 heteroatoms. The van der Waals surface area contributed by atoms with Gasteiger partial charge in [-0.15, -0.1) is 0 Å². The van der Waals surface area contributed by atoms with Crippen LogP contribution >= 0.6 is 0 Å². The lowest BCUT2D eigenvalue weighted by molar-refractivity contribution is -0.124. The van der Waals surface area contributed by atoms with E-state index in [1.54, 1.807) is 6.92 Å². The van der Waals surface area contributed by atoms with E-state index in [1.165, 1.54) is 12.3 Å².